The second kappa shape index (κ2) is 10.8. The molecule has 0 atom stereocenters. The van der Waals surface area contributed by atoms with Crippen molar-refractivity contribution in [3.05, 3.63) is 64.6 Å². The fraction of sp³-hybridized carbons (Fsp3) is 0.211. The fourth-order valence-electron chi connectivity index (χ4n) is 2.21. The summed E-state index contributed by atoms with van der Waals surface area (Å²) in [7, 11) is 0. The second-order valence-electron chi connectivity index (χ2n) is 6.61. The van der Waals surface area contributed by atoms with Gasteiger partial charge in [0.05, 0.1) is 10.6 Å². The maximum atomic E-state index is 13.0. The van der Waals surface area contributed by atoms with Crippen LogP contribution in [0.15, 0.2) is 42.6 Å². The van der Waals surface area contributed by atoms with Crippen molar-refractivity contribution in [1.82, 2.24) is 15.8 Å². The lowest BCUT2D eigenvalue weighted by molar-refractivity contribution is -0.124. The molecule has 0 spiro atoms. The van der Waals surface area contributed by atoms with E-state index in [4.69, 9.17) is 16.8 Å². The zero-order valence-corrected chi connectivity index (χ0v) is 17.3. The average Bonchev–Trinajstić information content (AvgIpc) is 2.65. The predicted molar refractivity (Wildman–Crippen MR) is 112 cm³/mol. The lowest BCUT2D eigenvalue weighted by Crippen LogP contribution is -2.48. The standard InChI is InChI=1S/C19H20ClFN4O3.ClH/c1-19(2,24-18(27)13-4-6-14(21)7-5-13)11-23-17-15(20)9-12(10-22-17)3-8-16(26)25-28;/h3-10,28H,11H2,1-2H3,(H,22,23)(H,24,27)(H,25,26);1H/b8-3+;. The highest BCUT2D eigenvalue weighted by Crippen LogP contribution is 2.21. The van der Waals surface area contributed by atoms with E-state index >= 15 is 0 Å². The van der Waals surface area contributed by atoms with E-state index in [1.807, 2.05) is 13.8 Å². The fourth-order valence-corrected chi connectivity index (χ4v) is 2.45. The summed E-state index contributed by atoms with van der Waals surface area (Å²) in [6, 6.07) is 6.88. The molecule has 2 aromatic rings. The number of hydrogen-bond donors (Lipinski definition) is 4. The number of pyridine rings is 1. The highest BCUT2D eigenvalue weighted by molar-refractivity contribution is 6.33. The molecule has 0 aliphatic rings. The van der Waals surface area contributed by atoms with E-state index in [1.54, 1.807) is 6.07 Å². The molecule has 0 saturated heterocycles. The second-order valence-corrected chi connectivity index (χ2v) is 7.01. The molecule has 0 saturated carbocycles. The van der Waals surface area contributed by atoms with Gasteiger partial charge in [-0.05, 0) is 55.8 Å². The number of amides is 2. The third-order valence-corrected chi connectivity index (χ3v) is 3.94. The number of hydroxylamine groups is 1. The predicted octanol–water partition coefficient (Wildman–Crippen LogP) is 3.44. The Labute approximate surface area is 178 Å². The van der Waals surface area contributed by atoms with E-state index in [0.29, 0.717) is 28.5 Å². The number of halogens is 3. The van der Waals surface area contributed by atoms with Crippen LogP contribution >= 0.6 is 24.0 Å². The minimum absolute atomic E-state index is 0. The summed E-state index contributed by atoms with van der Waals surface area (Å²) in [6.45, 7) is 3.97. The Balaban J connectivity index is 0.00000420. The van der Waals surface area contributed by atoms with Crippen LogP contribution < -0.4 is 16.1 Å². The van der Waals surface area contributed by atoms with E-state index < -0.39 is 17.3 Å². The van der Waals surface area contributed by atoms with Crippen molar-refractivity contribution in [2.75, 3.05) is 11.9 Å². The van der Waals surface area contributed by atoms with Crippen LogP contribution in [0.5, 0.6) is 0 Å². The summed E-state index contributed by atoms with van der Waals surface area (Å²) in [5, 5.41) is 14.7. The maximum Gasteiger partial charge on any atom is 0.267 e. The molecule has 1 aromatic carbocycles. The van der Waals surface area contributed by atoms with Crippen molar-refractivity contribution in [3.8, 4) is 0 Å². The first-order valence-corrected chi connectivity index (χ1v) is 8.67. The Hall–Kier alpha value is -2.68. The molecule has 29 heavy (non-hydrogen) atoms. The highest BCUT2D eigenvalue weighted by Gasteiger charge is 2.21. The first kappa shape index (κ1) is 24.4. The van der Waals surface area contributed by atoms with E-state index in [9.17, 15) is 14.0 Å². The zero-order valence-electron chi connectivity index (χ0n) is 15.7. The normalized spacial score (nSPS) is 10.9. The summed E-state index contributed by atoms with van der Waals surface area (Å²) >= 11 is 6.19. The Kier molecular flexibility index (Phi) is 9.03. The van der Waals surface area contributed by atoms with Crippen LogP contribution in [0.3, 0.4) is 0 Å². The van der Waals surface area contributed by atoms with Crippen molar-refractivity contribution in [1.29, 1.82) is 0 Å². The van der Waals surface area contributed by atoms with Gasteiger partial charge in [0.2, 0.25) is 0 Å². The molecule has 0 fully saturated rings. The quantitative estimate of drug-likeness (QED) is 0.298. The number of aromatic nitrogens is 1. The molecule has 0 aliphatic heterocycles. The van der Waals surface area contributed by atoms with Gasteiger partial charge in [0.1, 0.15) is 11.6 Å². The monoisotopic (exact) mass is 442 g/mol. The van der Waals surface area contributed by atoms with Gasteiger partial charge in [0.25, 0.3) is 11.8 Å². The van der Waals surface area contributed by atoms with Gasteiger partial charge >= 0.3 is 0 Å². The number of nitrogens with one attached hydrogen (secondary N) is 3. The van der Waals surface area contributed by atoms with Gasteiger partial charge in [-0.15, -0.1) is 12.4 Å². The van der Waals surface area contributed by atoms with Crippen LogP contribution in [0.4, 0.5) is 10.2 Å². The molecule has 7 nitrogen and oxygen atoms in total. The average molecular weight is 443 g/mol. The molecule has 0 bridgehead atoms. The Morgan fingerprint density at radius 1 is 1.28 bits per heavy atom. The number of anilines is 1. The largest absolute Gasteiger partial charge is 0.367 e. The van der Waals surface area contributed by atoms with E-state index in [-0.39, 0.29) is 18.3 Å². The number of carbonyl (C=O) groups excluding carboxylic acids is 2. The van der Waals surface area contributed by atoms with Crippen molar-refractivity contribution in [2.24, 2.45) is 0 Å². The smallest absolute Gasteiger partial charge is 0.267 e. The van der Waals surface area contributed by atoms with Gasteiger partial charge in [-0.3, -0.25) is 14.8 Å². The van der Waals surface area contributed by atoms with Crippen LogP contribution in [0.25, 0.3) is 6.08 Å². The van der Waals surface area contributed by atoms with Gasteiger partial charge in [-0.25, -0.2) is 14.9 Å². The third-order valence-electron chi connectivity index (χ3n) is 3.66. The lowest BCUT2D eigenvalue weighted by atomic mass is 10.0. The maximum absolute atomic E-state index is 13.0. The van der Waals surface area contributed by atoms with Gasteiger partial charge in [-0.2, -0.15) is 0 Å². The molecule has 0 aliphatic carbocycles. The Morgan fingerprint density at radius 3 is 2.52 bits per heavy atom. The van der Waals surface area contributed by atoms with Gasteiger partial charge in [-0.1, -0.05) is 11.6 Å². The van der Waals surface area contributed by atoms with Gasteiger partial charge in [0, 0.05) is 24.4 Å². The Morgan fingerprint density at radius 2 is 1.93 bits per heavy atom. The van der Waals surface area contributed by atoms with Crippen LogP contribution in [0, 0.1) is 5.82 Å². The van der Waals surface area contributed by atoms with Crippen LogP contribution in [-0.4, -0.2) is 34.1 Å². The van der Waals surface area contributed by atoms with Crippen LogP contribution in [0.2, 0.25) is 5.02 Å². The summed E-state index contributed by atoms with van der Waals surface area (Å²) in [5.74, 6) is -0.992. The molecule has 2 rings (SSSR count). The molecular weight excluding hydrogens is 422 g/mol. The van der Waals surface area contributed by atoms with Crippen molar-refractivity contribution < 1.29 is 19.2 Å². The number of hydrogen-bond acceptors (Lipinski definition) is 5. The first-order valence-electron chi connectivity index (χ1n) is 8.30. The Bertz CT molecular complexity index is 890. The number of rotatable bonds is 7. The molecule has 10 heteroatoms. The topological polar surface area (TPSA) is 103 Å². The highest BCUT2D eigenvalue weighted by atomic mass is 35.5. The molecule has 1 heterocycles. The molecule has 4 N–H and O–H groups in total. The molecule has 1 aromatic heterocycles. The molecule has 156 valence electrons. The number of nitrogens with zero attached hydrogens (tertiary/aromatic N) is 1. The van der Waals surface area contributed by atoms with Crippen molar-refractivity contribution >= 4 is 47.7 Å². The first-order chi connectivity index (χ1) is 13.2. The zero-order chi connectivity index (χ0) is 20.7. The molecule has 0 radical (unpaired) electrons. The van der Waals surface area contributed by atoms with Crippen LogP contribution in [-0.2, 0) is 4.79 Å². The lowest BCUT2D eigenvalue weighted by Gasteiger charge is -2.27. The van der Waals surface area contributed by atoms with Crippen LogP contribution in [0.1, 0.15) is 29.8 Å². The summed E-state index contributed by atoms with van der Waals surface area (Å²) in [5.41, 5.74) is 1.77. The minimum atomic E-state index is -0.669. The van der Waals surface area contributed by atoms with Crippen molar-refractivity contribution in [2.45, 2.75) is 19.4 Å². The summed E-state index contributed by atoms with van der Waals surface area (Å²) in [6.07, 6.45) is 4.08. The van der Waals surface area contributed by atoms with Crippen molar-refractivity contribution in [3.63, 3.8) is 0 Å². The molecule has 0 unspecified atom stereocenters. The molecular formula is C19H21Cl2FN4O3. The van der Waals surface area contributed by atoms with E-state index in [2.05, 4.69) is 15.6 Å². The SMILES string of the molecule is CC(C)(CNc1ncc(/C=C/C(=O)NO)cc1Cl)NC(=O)c1ccc(F)cc1.Cl. The minimum Gasteiger partial charge on any atom is -0.367 e. The third kappa shape index (κ3) is 7.69. The van der Waals surface area contributed by atoms with Gasteiger partial charge < -0.3 is 10.6 Å². The van der Waals surface area contributed by atoms with E-state index in [1.165, 1.54) is 42.0 Å². The van der Waals surface area contributed by atoms with Gasteiger partial charge in [0.15, 0.2) is 0 Å². The number of benzene rings is 1. The number of carbonyl (C=O) groups is 2. The summed E-state index contributed by atoms with van der Waals surface area (Å²) in [4.78, 5) is 27.5. The summed E-state index contributed by atoms with van der Waals surface area (Å²) < 4.78 is 13.0. The van der Waals surface area contributed by atoms with E-state index in [0.717, 1.165) is 6.08 Å². The molecule has 2 amide bonds.